The predicted molar refractivity (Wildman–Crippen MR) is 79.4 cm³/mol. The van der Waals surface area contributed by atoms with E-state index in [1.807, 2.05) is 13.8 Å². The Morgan fingerprint density at radius 2 is 2.16 bits per heavy atom. The van der Waals surface area contributed by atoms with Gasteiger partial charge in [-0.25, -0.2) is 0 Å². The summed E-state index contributed by atoms with van der Waals surface area (Å²) in [5.41, 5.74) is 0. The Hall–Kier alpha value is -0.160. The van der Waals surface area contributed by atoms with E-state index in [0.717, 1.165) is 26.2 Å². The highest BCUT2D eigenvalue weighted by molar-refractivity contribution is 4.83. The monoisotopic (exact) mass is 272 g/mol. The second-order valence-corrected chi connectivity index (χ2v) is 6.12. The fourth-order valence-corrected chi connectivity index (χ4v) is 2.69. The molecule has 3 unspecified atom stereocenters. The van der Waals surface area contributed by atoms with Crippen LogP contribution in [-0.4, -0.2) is 61.0 Å². The Morgan fingerprint density at radius 3 is 2.74 bits per heavy atom. The molecule has 0 amide bonds. The normalized spacial score (nSPS) is 26.8. The van der Waals surface area contributed by atoms with Gasteiger partial charge in [0, 0.05) is 19.1 Å². The molecule has 1 heterocycles. The molecule has 1 aliphatic heterocycles. The van der Waals surface area contributed by atoms with Crippen LogP contribution in [0.25, 0.3) is 0 Å². The summed E-state index contributed by atoms with van der Waals surface area (Å²) in [6.07, 6.45) is 2.20. The van der Waals surface area contributed by atoms with Crippen LogP contribution in [0.15, 0.2) is 0 Å². The number of nitrogens with one attached hydrogen (secondary N) is 1. The number of hydrogen-bond donors (Lipinski definition) is 2. The smallest absolute Gasteiger partial charge is 0.0900 e. The number of aliphatic hydroxyl groups excluding tert-OH is 1. The maximum absolute atomic E-state index is 9.96. The number of hydrogen-bond acceptors (Lipinski definition) is 4. The van der Waals surface area contributed by atoms with Gasteiger partial charge in [0.1, 0.15) is 0 Å². The van der Waals surface area contributed by atoms with Gasteiger partial charge in [-0.3, -0.25) is 0 Å². The average molecular weight is 272 g/mol. The molecule has 4 nitrogen and oxygen atoms in total. The predicted octanol–water partition coefficient (Wildman–Crippen LogP) is 1.48. The third-order valence-corrected chi connectivity index (χ3v) is 3.74. The van der Waals surface area contributed by atoms with E-state index in [-0.39, 0.29) is 12.2 Å². The molecule has 114 valence electrons. The van der Waals surface area contributed by atoms with Crippen LogP contribution in [0.4, 0.5) is 0 Å². The molecule has 4 heteroatoms. The van der Waals surface area contributed by atoms with Crippen LogP contribution in [0.1, 0.15) is 40.5 Å². The summed E-state index contributed by atoms with van der Waals surface area (Å²) in [5.74, 6) is 0.651. The molecule has 1 saturated heterocycles. The zero-order valence-electron chi connectivity index (χ0n) is 13.1. The van der Waals surface area contributed by atoms with Crippen LogP contribution in [0.2, 0.25) is 0 Å². The summed E-state index contributed by atoms with van der Waals surface area (Å²) in [6, 6.07) is 0.639. The molecule has 1 aliphatic rings. The van der Waals surface area contributed by atoms with Gasteiger partial charge in [-0.15, -0.1) is 0 Å². The molecule has 3 atom stereocenters. The summed E-state index contributed by atoms with van der Waals surface area (Å²) in [4.78, 5) is 2.36. The second-order valence-electron chi connectivity index (χ2n) is 6.12. The molecule has 0 spiro atoms. The maximum Gasteiger partial charge on any atom is 0.0900 e. The van der Waals surface area contributed by atoms with E-state index in [0.29, 0.717) is 18.6 Å². The van der Waals surface area contributed by atoms with Crippen molar-refractivity contribution in [1.82, 2.24) is 10.2 Å². The summed E-state index contributed by atoms with van der Waals surface area (Å²) in [5, 5.41) is 13.6. The van der Waals surface area contributed by atoms with Crippen LogP contribution in [0.5, 0.6) is 0 Å². The van der Waals surface area contributed by atoms with Crippen molar-refractivity contribution in [2.75, 3.05) is 32.8 Å². The van der Waals surface area contributed by atoms with E-state index >= 15 is 0 Å². The molecule has 0 bridgehead atoms. The van der Waals surface area contributed by atoms with E-state index in [9.17, 15) is 5.11 Å². The van der Waals surface area contributed by atoms with E-state index in [1.54, 1.807) is 0 Å². The molecule has 0 aromatic carbocycles. The average Bonchev–Trinajstić information content (AvgIpc) is 2.35. The second kappa shape index (κ2) is 8.90. The van der Waals surface area contributed by atoms with Gasteiger partial charge < -0.3 is 20.1 Å². The molecule has 2 N–H and O–H groups in total. The van der Waals surface area contributed by atoms with Crippen molar-refractivity contribution in [1.29, 1.82) is 0 Å². The third kappa shape index (κ3) is 6.70. The molecule has 1 fully saturated rings. The van der Waals surface area contributed by atoms with Crippen LogP contribution < -0.4 is 5.32 Å². The Bertz CT molecular complexity index is 236. The molecule has 0 saturated carbocycles. The van der Waals surface area contributed by atoms with Gasteiger partial charge in [0.05, 0.1) is 18.8 Å². The molecular weight excluding hydrogens is 240 g/mol. The lowest BCUT2D eigenvalue weighted by Gasteiger charge is -2.38. The van der Waals surface area contributed by atoms with E-state index in [1.165, 1.54) is 12.8 Å². The van der Waals surface area contributed by atoms with Crippen LogP contribution >= 0.6 is 0 Å². The third-order valence-electron chi connectivity index (χ3n) is 3.74. The fraction of sp³-hybridized carbons (Fsp3) is 1.00. The van der Waals surface area contributed by atoms with Crippen LogP contribution in [0, 0.1) is 5.92 Å². The van der Waals surface area contributed by atoms with Crippen molar-refractivity contribution in [3.63, 3.8) is 0 Å². The molecular formula is C15H32N2O2. The van der Waals surface area contributed by atoms with Gasteiger partial charge in [0.25, 0.3) is 0 Å². The molecule has 0 radical (unpaired) electrons. The van der Waals surface area contributed by atoms with Gasteiger partial charge in [-0.2, -0.15) is 0 Å². The van der Waals surface area contributed by atoms with Crippen molar-refractivity contribution < 1.29 is 9.84 Å². The Balaban J connectivity index is 2.23. The van der Waals surface area contributed by atoms with Gasteiger partial charge >= 0.3 is 0 Å². The van der Waals surface area contributed by atoms with E-state index < -0.39 is 0 Å². The minimum absolute atomic E-state index is 0.192. The molecule has 1 rings (SSSR count). The number of β-amino-alcohol motifs (C(OH)–C–C–N with tert-alkyl or cyclic N) is 1. The van der Waals surface area contributed by atoms with Gasteiger partial charge in [-0.1, -0.05) is 13.8 Å². The first kappa shape index (κ1) is 16.9. The Labute approximate surface area is 118 Å². The van der Waals surface area contributed by atoms with Crippen molar-refractivity contribution in [2.45, 2.75) is 58.8 Å². The number of ether oxygens (including phenoxy) is 1. The molecule has 19 heavy (non-hydrogen) atoms. The first-order valence-electron chi connectivity index (χ1n) is 7.78. The number of aliphatic hydroxyl groups is 1. The number of rotatable bonds is 8. The molecule has 0 aromatic heterocycles. The van der Waals surface area contributed by atoms with Crippen molar-refractivity contribution >= 4 is 0 Å². The Kier molecular flexibility index (Phi) is 7.91. The highest BCUT2D eigenvalue weighted by atomic mass is 16.5. The zero-order chi connectivity index (χ0) is 14.3. The minimum atomic E-state index is -0.366. The van der Waals surface area contributed by atoms with Gasteiger partial charge in [0.2, 0.25) is 0 Å². The zero-order valence-corrected chi connectivity index (χ0v) is 13.1. The van der Waals surface area contributed by atoms with E-state index in [2.05, 4.69) is 24.1 Å². The Morgan fingerprint density at radius 1 is 1.42 bits per heavy atom. The van der Waals surface area contributed by atoms with E-state index in [4.69, 9.17) is 4.74 Å². The lowest BCUT2D eigenvalue weighted by molar-refractivity contribution is -0.0148. The lowest BCUT2D eigenvalue weighted by Crippen LogP contribution is -2.50. The van der Waals surface area contributed by atoms with Gasteiger partial charge in [-0.05, 0) is 45.7 Å². The van der Waals surface area contributed by atoms with Crippen LogP contribution in [-0.2, 0) is 4.74 Å². The lowest BCUT2D eigenvalue weighted by atomic mass is 9.93. The van der Waals surface area contributed by atoms with Gasteiger partial charge in [0.15, 0.2) is 0 Å². The SMILES string of the molecule is CCCNC1CCN(CC(O)COC(C)C)CC1C. The maximum atomic E-state index is 9.96. The first-order chi connectivity index (χ1) is 9.02. The number of piperidine rings is 1. The van der Waals surface area contributed by atoms with Crippen molar-refractivity contribution in [3.05, 3.63) is 0 Å². The largest absolute Gasteiger partial charge is 0.389 e. The summed E-state index contributed by atoms with van der Waals surface area (Å²) >= 11 is 0. The molecule has 0 aromatic rings. The minimum Gasteiger partial charge on any atom is -0.389 e. The highest BCUT2D eigenvalue weighted by Gasteiger charge is 2.26. The number of nitrogens with zero attached hydrogens (tertiary/aromatic N) is 1. The number of likely N-dealkylation sites (tertiary alicyclic amines) is 1. The fourth-order valence-electron chi connectivity index (χ4n) is 2.69. The summed E-state index contributed by atoms with van der Waals surface area (Å²) < 4.78 is 5.46. The van der Waals surface area contributed by atoms with Crippen molar-refractivity contribution in [2.24, 2.45) is 5.92 Å². The highest BCUT2D eigenvalue weighted by Crippen LogP contribution is 2.17. The standard InChI is InChI=1S/C15H32N2O2/c1-5-7-16-15-6-8-17(9-13(15)4)10-14(18)11-19-12(2)3/h12-16,18H,5-11H2,1-4H3. The van der Waals surface area contributed by atoms with Crippen LogP contribution in [0.3, 0.4) is 0 Å². The summed E-state index contributed by atoms with van der Waals surface area (Å²) in [7, 11) is 0. The summed E-state index contributed by atoms with van der Waals surface area (Å²) in [6.45, 7) is 12.9. The quantitative estimate of drug-likeness (QED) is 0.702. The first-order valence-corrected chi connectivity index (χ1v) is 7.78. The van der Waals surface area contributed by atoms with Crippen molar-refractivity contribution in [3.8, 4) is 0 Å². The topological polar surface area (TPSA) is 44.7 Å². The molecule has 0 aliphatic carbocycles.